The Morgan fingerprint density at radius 1 is 1.05 bits per heavy atom. The van der Waals surface area contributed by atoms with Crippen molar-refractivity contribution in [1.82, 2.24) is 10.2 Å². The van der Waals surface area contributed by atoms with Gasteiger partial charge in [-0.3, -0.25) is 9.69 Å². The first-order valence-corrected chi connectivity index (χ1v) is 12.2. The normalized spacial score (nSPS) is 20.8. The van der Waals surface area contributed by atoms with Crippen molar-refractivity contribution in [2.75, 3.05) is 31.1 Å². The van der Waals surface area contributed by atoms with Crippen molar-refractivity contribution in [3.8, 4) is 0 Å². The van der Waals surface area contributed by atoms with E-state index >= 15 is 0 Å². The SMILES string of the molecule is NC(=O)c1ccccc1N1CC(NC2CCN(Cc3ccc(Cl)cc3)CC2)[C@H](O)C1.O=C(O)C(F)(F)F. The molecule has 2 aliphatic rings. The second kappa shape index (κ2) is 12.6. The highest BCUT2D eigenvalue weighted by atomic mass is 35.5. The summed E-state index contributed by atoms with van der Waals surface area (Å²) in [7, 11) is 0. The molecule has 2 fully saturated rings. The van der Waals surface area contributed by atoms with Gasteiger partial charge in [0.05, 0.1) is 17.7 Å². The van der Waals surface area contributed by atoms with Crippen LogP contribution in [0.15, 0.2) is 48.5 Å². The summed E-state index contributed by atoms with van der Waals surface area (Å²) >= 11 is 5.97. The number of carbonyl (C=O) groups is 2. The number of amides is 1. The average Bonchev–Trinajstić information content (AvgIpc) is 3.21. The van der Waals surface area contributed by atoms with Crippen LogP contribution >= 0.6 is 11.6 Å². The lowest BCUT2D eigenvalue weighted by molar-refractivity contribution is -0.192. The molecule has 2 heterocycles. The summed E-state index contributed by atoms with van der Waals surface area (Å²) in [5, 5.41) is 22.2. The number of hydrogen-bond acceptors (Lipinski definition) is 6. The maximum absolute atomic E-state index is 11.7. The summed E-state index contributed by atoms with van der Waals surface area (Å²) < 4.78 is 31.7. The monoisotopic (exact) mass is 542 g/mol. The summed E-state index contributed by atoms with van der Waals surface area (Å²) in [5.74, 6) is -3.20. The number of alkyl halides is 3. The van der Waals surface area contributed by atoms with Crippen LogP contribution in [-0.2, 0) is 11.3 Å². The number of aliphatic carboxylic acids is 1. The van der Waals surface area contributed by atoms with E-state index in [9.17, 15) is 23.1 Å². The summed E-state index contributed by atoms with van der Waals surface area (Å²) in [4.78, 5) is 25.2. The lowest BCUT2D eigenvalue weighted by Crippen LogP contribution is -2.49. The Bertz CT molecular complexity index is 1060. The number of anilines is 1. The number of aliphatic hydroxyl groups excluding tert-OH is 1. The molecular weight excluding hydrogens is 513 g/mol. The Balaban J connectivity index is 0.000000479. The van der Waals surface area contributed by atoms with Crippen LogP contribution in [0.2, 0.25) is 5.02 Å². The number of para-hydroxylation sites is 1. The molecule has 202 valence electrons. The first kappa shape index (κ1) is 28.7. The van der Waals surface area contributed by atoms with E-state index in [0.717, 1.165) is 43.2 Å². The smallest absolute Gasteiger partial charge is 0.475 e. The van der Waals surface area contributed by atoms with E-state index in [0.29, 0.717) is 24.7 Å². The van der Waals surface area contributed by atoms with Crippen molar-refractivity contribution < 1.29 is 33.0 Å². The van der Waals surface area contributed by atoms with E-state index in [1.54, 1.807) is 6.07 Å². The zero-order valence-corrected chi connectivity index (χ0v) is 20.8. The van der Waals surface area contributed by atoms with Gasteiger partial charge in [-0.1, -0.05) is 35.9 Å². The van der Waals surface area contributed by atoms with Crippen LogP contribution in [0.25, 0.3) is 0 Å². The number of nitrogens with one attached hydrogen (secondary N) is 1. The molecule has 1 unspecified atom stereocenters. The minimum atomic E-state index is -5.08. The van der Waals surface area contributed by atoms with Gasteiger partial charge in [0.2, 0.25) is 0 Å². The molecule has 5 N–H and O–H groups in total. The molecule has 0 aromatic heterocycles. The third-order valence-corrected chi connectivity index (χ3v) is 6.65. The van der Waals surface area contributed by atoms with E-state index < -0.39 is 24.2 Å². The van der Waals surface area contributed by atoms with Crippen LogP contribution in [0.1, 0.15) is 28.8 Å². The number of β-amino-alcohol motifs (C(OH)–C–C–N with tert-alkyl or cyclic N) is 1. The summed E-state index contributed by atoms with van der Waals surface area (Å²) in [6.07, 6.45) is -3.46. The van der Waals surface area contributed by atoms with Crippen molar-refractivity contribution in [2.24, 2.45) is 5.73 Å². The fourth-order valence-electron chi connectivity index (χ4n) is 4.51. The van der Waals surface area contributed by atoms with E-state index in [4.69, 9.17) is 27.2 Å². The predicted molar refractivity (Wildman–Crippen MR) is 134 cm³/mol. The number of primary amides is 1. The molecule has 1 amide bonds. The number of rotatable bonds is 6. The number of carboxylic acid groups (broad SMARTS) is 1. The molecule has 0 aliphatic carbocycles. The standard InChI is InChI=1S/C23H29ClN4O2.C2HF3O2/c24-17-7-5-16(6-8-17)13-27-11-9-18(10-12-27)26-20-14-28(15-22(20)29)21-4-2-1-3-19(21)23(25)30;3-2(4,5)1(6)7/h1-8,18,20,22,26,29H,9-15H2,(H2,25,30);(H,6,7)/t20?,22-;/m1./s1. The van der Waals surface area contributed by atoms with Gasteiger partial charge in [0.1, 0.15) is 0 Å². The largest absolute Gasteiger partial charge is 0.490 e. The van der Waals surface area contributed by atoms with E-state index in [1.807, 2.05) is 30.3 Å². The minimum absolute atomic E-state index is 0.0150. The summed E-state index contributed by atoms with van der Waals surface area (Å²) in [6.45, 7) is 4.15. The molecule has 4 rings (SSSR count). The molecule has 8 nitrogen and oxygen atoms in total. The third-order valence-electron chi connectivity index (χ3n) is 6.40. The first-order chi connectivity index (χ1) is 17.4. The fraction of sp³-hybridized carbons (Fsp3) is 0.440. The number of carbonyl (C=O) groups excluding carboxylic acids is 1. The van der Waals surface area contributed by atoms with Gasteiger partial charge in [0.15, 0.2) is 0 Å². The Labute approximate surface area is 217 Å². The molecule has 2 aliphatic heterocycles. The molecule has 2 saturated heterocycles. The first-order valence-electron chi connectivity index (χ1n) is 11.8. The highest BCUT2D eigenvalue weighted by Gasteiger charge is 2.38. The van der Waals surface area contributed by atoms with Crippen LogP contribution < -0.4 is 16.0 Å². The van der Waals surface area contributed by atoms with Gasteiger partial charge in [0.25, 0.3) is 5.91 Å². The molecule has 0 spiro atoms. The van der Waals surface area contributed by atoms with E-state index in [1.165, 1.54) is 5.56 Å². The van der Waals surface area contributed by atoms with Gasteiger partial charge in [-0.2, -0.15) is 13.2 Å². The number of nitrogens with two attached hydrogens (primary N) is 1. The summed E-state index contributed by atoms with van der Waals surface area (Å²) in [6, 6.07) is 15.8. The van der Waals surface area contributed by atoms with Gasteiger partial charge in [-0.25, -0.2) is 4.79 Å². The molecule has 2 aromatic carbocycles. The second-order valence-corrected chi connectivity index (χ2v) is 9.54. The van der Waals surface area contributed by atoms with Crippen molar-refractivity contribution in [2.45, 2.75) is 43.8 Å². The molecule has 2 aromatic rings. The fourth-order valence-corrected chi connectivity index (χ4v) is 4.64. The maximum atomic E-state index is 11.7. The van der Waals surface area contributed by atoms with Gasteiger partial charge in [0, 0.05) is 36.4 Å². The number of carboxylic acids is 1. The third kappa shape index (κ3) is 8.32. The lowest BCUT2D eigenvalue weighted by Gasteiger charge is -2.34. The highest BCUT2D eigenvalue weighted by Crippen LogP contribution is 2.26. The summed E-state index contributed by atoms with van der Waals surface area (Å²) in [5.41, 5.74) is 8.10. The number of aliphatic hydroxyl groups is 1. The zero-order chi connectivity index (χ0) is 27.2. The van der Waals surface area contributed by atoms with Crippen molar-refractivity contribution in [3.05, 3.63) is 64.7 Å². The Kier molecular flexibility index (Phi) is 9.77. The minimum Gasteiger partial charge on any atom is -0.475 e. The molecule has 12 heteroatoms. The van der Waals surface area contributed by atoms with Crippen molar-refractivity contribution in [3.63, 3.8) is 0 Å². The molecule has 0 bridgehead atoms. The molecule has 2 atom stereocenters. The second-order valence-electron chi connectivity index (χ2n) is 9.11. The van der Waals surface area contributed by atoms with E-state index in [2.05, 4.69) is 27.2 Å². The van der Waals surface area contributed by atoms with Crippen LogP contribution in [0.3, 0.4) is 0 Å². The zero-order valence-electron chi connectivity index (χ0n) is 20.0. The Morgan fingerprint density at radius 2 is 1.65 bits per heavy atom. The number of halogens is 4. The average molecular weight is 543 g/mol. The molecule has 0 radical (unpaired) electrons. The van der Waals surface area contributed by atoms with Gasteiger partial charge < -0.3 is 26.2 Å². The number of hydrogen-bond donors (Lipinski definition) is 4. The molecule has 37 heavy (non-hydrogen) atoms. The number of likely N-dealkylation sites (tertiary alicyclic amines) is 1. The van der Waals surface area contributed by atoms with Gasteiger partial charge in [-0.15, -0.1) is 0 Å². The van der Waals surface area contributed by atoms with Crippen LogP contribution in [0.5, 0.6) is 0 Å². The maximum Gasteiger partial charge on any atom is 0.490 e. The number of nitrogens with zero attached hydrogens (tertiary/aromatic N) is 2. The van der Waals surface area contributed by atoms with Crippen LogP contribution in [0.4, 0.5) is 18.9 Å². The Hall–Kier alpha value is -2.86. The topological polar surface area (TPSA) is 119 Å². The number of benzene rings is 2. The number of piperidine rings is 1. The van der Waals surface area contributed by atoms with Crippen molar-refractivity contribution >= 4 is 29.2 Å². The lowest BCUT2D eigenvalue weighted by atomic mass is 10.0. The predicted octanol–water partition coefficient (Wildman–Crippen LogP) is 2.88. The molecule has 0 saturated carbocycles. The van der Waals surface area contributed by atoms with Crippen LogP contribution in [0, 0.1) is 0 Å². The van der Waals surface area contributed by atoms with E-state index in [-0.39, 0.29) is 6.04 Å². The quantitative estimate of drug-likeness (QED) is 0.443. The Morgan fingerprint density at radius 3 is 2.22 bits per heavy atom. The van der Waals surface area contributed by atoms with Crippen molar-refractivity contribution in [1.29, 1.82) is 0 Å². The van der Waals surface area contributed by atoms with Gasteiger partial charge in [-0.05, 0) is 55.8 Å². The van der Waals surface area contributed by atoms with Crippen LogP contribution in [-0.4, -0.2) is 77.5 Å². The molecular formula is C25H30ClF3N4O4. The highest BCUT2D eigenvalue weighted by molar-refractivity contribution is 6.30. The van der Waals surface area contributed by atoms with Gasteiger partial charge >= 0.3 is 12.1 Å².